The standard InChI is InChI=1S/C10H9Cl3N2O2/c11-4-3-9(16)15-10(17)14-8-5-6(12)1-2-7(8)13/h1-2,5H,3-4H2,(H2,14,15,16,17). The Morgan fingerprint density at radius 3 is 2.59 bits per heavy atom. The van der Waals surface area contributed by atoms with Crippen LogP contribution in [-0.2, 0) is 4.79 Å². The molecule has 92 valence electrons. The summed E-state index contributed by atoms with van der Waals surface area (Å²) in [4.78, 5) is 22.5. The molecule has 0 aliphatic carbocycles. The number of hydrogen-bond acceptors (Lipinski definition) is 2. The fourth-order valence-electron chi connectivity index (χ4n) is 1.02. The summed E-state index contributed by atoms with van der Waals surface area (Å²) in [5.74, 6) is -0.313. The van der Waals surface area contributed by atoms with Gasteiger partial charge in [-0.05, 0) is 18.2 Å². The zero-order valence-electron chi connectivity index (χ0n) is 8.60. The molecule has 0 aliphatic heterocycles. The third-order valence-corrected chi connectivity index (χ3v) is 2.50. The lowest BCUT2D eigenvalue weighted by molar-refractivity contribution is -0.119. The summed E-state index contributed by atoms with van der Waals surface area (Å²) in [5.41, 5.74) is 0.329. The molecular formula is C10H9Cl3N2O2. The number of amides is 3. The molecule has 4 nitrogen and oxygen atoms in total. The molecule has 1 aromatic carbocycles. The fraction of sp³-hybridized carbons (Fsp3) is 0.200. The van der Waals surface area contributed by atoms with Gasteiger partial charge in [0.15, 0.2) is 0 Å². The van der Waals surface area contributed by atoms with E-state index in [1.54, 1.807) is 12.1 Å². The number of alkyl halides is 1. The quantitative estimate of drug-likeness (QED) is 0.841. The van der Waals surface area contributed by atoms with Crippen molar-refractivity contribution in [2.75, 3.05) is 11.2 Å². The summed E-state index contributed by atoms with van der Waals surface area (Å²) in [5, 5.41) is 5.27. The van der Waals surface area contributed by atoms with E-state index < -0.39 is 11.9 Å². The molecule has 0 bridgehead atoms. The molecule has 3 amide bonds. The second-order valence-corrected chi connectivity index (χ2v) is 4.29. The average Bonchev–Trinajstić information content (AvgIpc) is 2.23. The molecule has 0 saturated heterocycles. The zero-order chi connectivity index (χ0) is 12.8. The second kappa shape index (κ2) is 6.69. The van der Waals surface area contributed by atoms with Gasteiger partial charge in [0.05, 0.1) is 10.7 Å². The highest BCUT2D eigenvalue weighted by atomic mass is 35.5. The van der Waals surface area contributed by atoms with Crippen molar-refractivity contribution in [1.82, 2.24) is 5.32 Å². The lowest BCUT2D eigenvalue weighted by Gasteiger charge is -2.08. The number of rotatable bonds is 3. The molecule has 0 aromatic heterocycles. The molecular weight excluding hydrogens is 286 g/mol. The van der Waals surface area contributed by atoms with Gasteiger partial charge in [0.1, 0.15) is 0 Å². The number of halogens is 3. The maximum absolute atomic E-state index is 11.4. The lowest BCUT2D eigenvalue weighted by Crippen LogP contribution is -2.34. The van der Waals surface area contributed by atoms with Gasteiger partial charge in [0.25, 0.3) is 0 Å². The number of hydrogen-bond donors (Lipinski definition) is 2. The van der Waals surface area contributed by atoms with E-state index in [1.165, 1.54) is 6.07 Å². The summed E-state index contributed by atoms with van der Waals surface area (Å²) < 4.78 is 0. The van der Waals surface area contributed by atoms with E-state index in [-0.39, 0.29) is 12.3 Å². The molecule has 0 atom stereocenters. The minimum atomic E-state index is -0.677. The number of carbonyl (C=O) groups is 2. The van der Waals surface area contributed by atoms with Crippen LogP contribution in [0.2, 0.25) is 10.0 Å². The summed E-state index contributed by atoms with van der Waals surface area (Å²) in [6.45, 7) is 0. The Balaban J connectivity index is 2.62. The topological polar surface area (TPSA) is 58.2 Å². The van der Waals surface area contributed by atoms with Crippen LogP contribution in [0.4, 0.5) is 10.5 Å². The predicted octanol–water partition coefficient (Wildman–Crippen LogP) is 3.27. The molecule has 0 fully saturated rings. The van der Waals surface area contributed by atoms with Gasteiger partial charge < -0.3 is 5.32 Å². The monoisotopic (exact) mass is 294 g/mol. The van der Waals surface area contributed by atoms with Crippen LogP contribution in [0, 0.1) is 0 Å². The van der Waals surface area contributed by atoms with Crippen LogP contribution in [-0.4, -0.2) is 17.8 Å². The first-order chi connectivity index (χ1) is 8.02. The fourth-order valence-corrected chi connectivity index (χ4v) is 1.53. The molecule has 1 rings (SSSR count). The Kier molecular flexibility index (Phi) is 5.55. The van der Waals surface area contributed by atoms with Crippen molar-refractivity contribution in [1.29, 1.82) is 0 Å². The Morgan fingerprint density at radius 1 is 1.24 bits per heavy atom. The van der Waals surface area contributed by atoms with Crippen LogP contribution in [0.15, 0.2) is 18.2 Å². The van der Waals surface area contributed by atoms with Gasteiger partial charge in [-0.15, -0.1) is 11.6 Å². The van der Waals surface area contributed by atoms with Gasteiger partial charge in [0.2, 0.25) is 5.91 Å². The highest BCUT2D eigenvalue weighted by molar-refractivity contribution is 6.35. The molecule has 0 saturated carbocycles. The summed E-state index contributed by atoms with van der Waals surface area (Å²) in [7, 11) is 0. The highest BCUT2D eigenvalue weighted by Crippen LogP contribution is 2.25. The molecule has 0 radical (unpaired) electrons. The number of urea groups is 1. The molecule has 0 heterocycles. The molecule has 17 heavy (non-hydrogen) atoms. The van der Waals surface area contributed by atoms with E-state index in [4.69, 9.17) is 34.8 Å². The summed E-state index contributed by atoms with van der Waals surface area (Å²) in [6.07, 6.45) is 0.0677. The van der Waals surface area contributed by atoms with E-state index in [2.05, 4.69) is 10.6 Å². The molecule has 1 aromatic rings. The van der Waals surface area contributed by atoms with E-state index in [1.807, 2.05) is 0 Å². The molecule has 7 heteroatoms. The number of anilines is 1. The van der Waals surface area contributed by atoms with Gasteiger partial charge in [0, 0.05) is 17.3 Å². The predicted molar refractivity (Wildman–Crippen MR) is 69.0 cm³/mol. The first-order valence-corrected chi connectivity index (χ1v) is 5.94. The highest BCUT2D eigenvalue weighted by Gasteiger charge is 2.09. The first-order valence-electron chi connectivity index (χ1n) is 4.65. The van der Waals surface area contributed by atoms with Gasteiger partial charge in [-0.3, -0.25) is 10.1 Å². The van der Waals surface area contributed by atoms with Gasteiger partial charge in [-0.25, -0.2) is 4.79 Å². The van der Waals surface area contributed by atoms with Gasteiger partial charge in [-0.1, -0.05) is 23.2 Å². The summed E-state index contributed by atoms with van der Waals surface area (Å²) in [6, 6.07) is 3.94. The average molecular weight is 296 g/mol. The maximum Gasteiger partial charge on any atom is 0.325 e. The van der Waals surface area contributed by atoms with E-state index in [9.17, 15) is 9.59 Å². The van der Waals surface area contributed by atoms with E-state index in [0.717, 1.165) is 0 Å². The lowest BCUT2D eigenvalue weighted by atomic mass is 10.3. The van der Waals surface area contributed by atoms with Crippen molar-refractivity contribution in [3.05, 3.63) is 28.2 Å². The Bertz CT molecular complexity index is 438. The van der Waals surface area contributed by atoms with Crippen molar-refractivity contribution in [3.8, 4) is 0 Å². The Hall–Kier alpha value is -0.970. The second-order valence-electron chi connectivity index (χ2n) is 3.07. The van der Waals surface area contributed by atoms with Crippen LogP contribution in [0.1, 0.15) is 6.42 Å². The largest absolute Gasteiger partial charge is 0.325 e. The number of imide groups is 1. The van der Waals surface area contributed by atoms with E-state index in [0.29, 0.717) is 15.7 Å². The molecule has 0 spiro atoms. The third-order valence-electron chi connectivity index (χ3n) is 1.75. The minimum Gasteiger partial charge on any atom is -0.306 e. The van der Waals surface area contributed by atoms with Crippen LogP contribution in [0.25, 0.3) is 0 Å². The summed E-state index contributed by atoms with van der Waals surface area (Å²) >= 11 is 16.9. The van der Waals surface area contributed by atoms with Gasteiger partial charge in [-0.2, -0.15) is 0 Å². The maximum atomic E-state index is 11.4. The van der Waals surface area contributed by atoms with Crippen LogP contribution >= 0.6 is 34.8 Å². The van der Waals surface area contributed by atoms with Crippen LogP contribution in [0.5, 0.6) is 0 Å². The van der Waals surface area contributed by atoms with Gasteiger partial charge >= 0.3 is 6.03 Å². The molecule has 0 unspecified atom stereocenters. The number of benzene rings is 1. The number of nitrogens with one attached hydrogen (secondary N) is 2. The normalized spacial score (nSPS) is 9.82. The third kappa shape index (κ3) is 4.81. The van der Waals surface area contributed by atoms with E-state index >= 15 is 0 Å². The number of carbonyl (C=O) groups excluding carboxylic acids is 2. The Morgan fingerprint density at radius 2 is 1.94 bits per heavy atom. The molecule has 0 aliphatic rings. The van der Waals surface area contributed by atoms with Crippen LogP contribution in [0.3, 0.4) is 0 Å². The smallest absolute Gasteiger partial charge is 0.306 e. The molecule has 2 N–H and O–H groups in total. The van der Waals surface area contributed by atoms with Crippen molar-refractivity contribution >= 4 is 52.4 Å². The van der Waals surface area contributed by atoms with Crippen molar-refractivity contribution in [3.63, 3.8) is 0 Å². The van der Waals surface area contributed by atoms with Crippen molar-refractivity contribution in [2.45, 2.75) is 6.42 Å². The first kappa shape index (κ1) is 14.1. The Labute approximate surface area is 113 Å². The van der Waals surface area contributed by atoms with Crippen molar-refractivity contribution < 1.29 is 9.59 Å². The minimum absolute atomic E-state index is 0.0677. The van der Waals surface area contributed by atoms with Crippen molar-refractivity contribution in [2.24, 2.45) is 0 Å². The zero-order valence-corrected chi connectivity index (χ0v) is 10.9. The SMILES string of the molecule is O=C(CCCl)NC(=O)Nc1cc(Cl)ccc1Cl. The van der Waals surface area contributed by atoms with Crippen LogP contribution < -0.4 is 10.6 Å².